The lowest BCUT2D eigenvalue weighted by atomic mass is 9.87. The summed E-state index contributed by atoms with van der Waals surface area (Å²) < 4.78 is 5.25. The first-order chi connectivity index (χ1) is 12.5. The van der Waals surface area contributed by atoms with E-state index in [2.05, 4.69) is 11.4 Å². The number of esters is 1. The topological polar surface area (TPSA) is 75.6 Å². The van der Waals surface area contributed by atoms with Crippen molar-refractivity contribution < 1.29 is 19.4 Å². The van der Waals surface area contributed by atoms with Gasteiger partial charge in [-0.1, -0.05) is 35.9 Å². The fourth-order valence-corrected chi connectivity index (χ4v) is 3.28. The Balaban J connectivity index is 1.65. The quantitative estimate of drug-likeness (QED) is 0.826. The molecule has 2 aromatic rings. The van der Waals surface area contributed by atoms with Crippen LogP contribution in [0, 0.1) is 6.92 Å². The minimum absolute atomic E-state index is 0.0627. The number of benzene rings is 2. The summed E-state index contributed by atoms with van der Waals surface area (Å²) in [5, 5.41) is 12.8. The molecule has 0 spiro atoms. The summed E-state index contributed by atoms with van der Waals surface area (Å²) in [6.45, 7) is 3.35. The molecule has 0 saturated carbocycles. The van der Waals surface area contributed by atoms with Crippen molar-refractivity contribution in [2.45, 2.75) is 45.3 Å². The van der Waals surface area contributed by atoms with Gasteiger partial charge in [-0.15, -0.1) is 0 Å². The van der Waals surface area contributed by atoms with Gasteiger partial charge in [0, 0.05) is 0 Å². The highest BCUT2D eigenvalue weighted by atomic mass is 16.5. The Hall–Kier alpha value is -2.82. The Bertz CT molecular complexity index is 831. The van der Waals surface area contributed by atoms with Crippen molar-refractivity contribution in [3.8, 4) is 5.75 Å². The van der Waals surface area contributed by atoms with Crippen LogP contribution in [0.4, 0.5) is 0 Å². The monoisotopic (exact) mass is 353 g/mol. The van der Waals surface area contributed by atoms with Gasteiger partial charge < -0.3 is 15.2 Å². The number of phenolic OH excluding ortho intramolecular Hbond substituents is 1. The van der Waals surface area contributed by atoms with Crippen LogP contribution in [-0.2, 0) is 16.0 Å². The lowest BCUT2D eigenvalue weighted by Gasteiger charge is -2.27. The maximum absolute atomic E-state index is 12.5. The predicted molar refractivity (Wildman–Crippen MR) is 98.0 cm³/mol. The molecule has 2 aromatic carbocycles. The van der Waals surface area contributed by atoms with Gasteiger partial charge in [-0.2, -0.15) is 0 Å². The number of aryl methyl sites for hydroxylation is 2. The second kappa shape index (κ2) is 7.60. The van der Waals surface area contributed by atoms with Crippen LogP contribution in [0.3, 0.4) is 0 Å². The first-order valence-electron chi connectivity index (χ1n) is 8.84. The van der Waals surface area contributed by atoms with Crippen LogP contribution in [0.15, 0.2) is 42.5 Å². The lowest BCUT2D eigenvalue weighted by molar-refractivity contribution is -0.130. The molecule has 0 unspecified atom stereocenters. The Morgan fingerprint density at radius 2 is 2.00 bits per heavy atom. The first kappa shape index (κ1) is 18.0. The fourth-order valence-electron chi connectivity index (χ4n) is 3.28. The molecular weight excluding hydrogens is 330 g/mol. The normalized spacial score (nSPS) is 17.1. The molecule has 26 heavy (non-hydrogen) atoms. The summed E-state index contributed by atoms with van der Waals surface area (Å²) in [5.41, 5.74) is 3.26. The molecule has 1 amide bonds. The minimum atomic E-state index is -0.948. The SMILES string of the molecule is Cc1ccc(O)c(C(=O)O[C@H](C)C(=O)N[C@H]2CCCc3ccccc32)c1. The average molecular weight is 353 g/mol. The van der Waals surface area contributed by atoms with E-state index in [9.17, 15) is 14.7 Å². The fraction of sp³-hybridized carbons (Fsp3) is 0.333. The van der Waals surface area contributed by atoms with Crippen LogP contribution in [-0.4, -0.2) is 23.1 Å². The van der Waals surface area contributed by atoms with Crippen molar-refractivity contribution >= 4 is 11.9 Å². The van der Waals surface area contributed by atoms with E-state index in [0.717, 1.165) is 30.4 Å². The molecule has 0 radical (unpaired) electrons. The number of nitrogens with one attached hydrogen (secondary N) is 1. The maximum Gasteiger partial charge on any atom is 0.342 e. The van der Waals surface area contributed by atoms with Gasteiger partial charge in [-0.25, -0.2) is 4.79 Å². The molecule has 0 heterocycles. The summed E-state index contributed by atoms with van der Waals surface area (Å²) in [4.78, 5) is 24.7. The number of carbonyl (C=O) groups excluding carboxylic acids is 2. The number of fused-ring (bicyclic) bond motifs is 1. The molecule has 2 atom stereocenters. The van der Waals surface area contributed by atoms with E-state index < -0.39 is 12.1 Å². The number of amides is 1. The second-order valence-corrected chi connectivity index (χ2v) is 6.72. The summed E-state index contributed by atoms with van der Waals surface area (Å²) in [6, 6.07) is 12.7. The van der Waals surface area contributed by atoms with E-state index in [1.165, 1.54) is 18.6 Å². The zero-order valence-corrected chi connectivity index (χ0v) is 15.0. The van der Waals surface area contributed by atoms with Crippen molar-refractivity contribution in [1.29, 1.82) is 0 Å². The van der Waals surface area contributed by atoms with Gasteiger partial charge in [0.25, 0.3) is 5.91 Å². The van der Waals surface area contributed by atoms with E-state index in [1.54, 1.807) is 12.1 Å². The second-order valence-electron chi connectivity index (χ2n) is 6.72. The standard InChI is InChI=1S/C21H23NO4/c1-13-10-11-19(23)17(12-13)21(25)26-14(2)20(24)22-18-9-5-7-15-6-3-4-8-16(15)18/h3-4,6,8,10-12,14,18,23H,5,7,9H2,1-2H3,(H,22,24)/t14-,18+/m1/s1. The van der Waals surface area contributed by atoms with Gasteiger partial charge in [0.05, 0.1) is 6.04 Å². The summed E-state index contributed by atoms with van der Waals surface area (Å²) in [7, 11) is 0. The van der Waals surface area contributed by atoms with Crippen molar-refractivity contribution in [2.24, 2.45) is 0 Å². The van der Waals surface area contributed by atoms with Gasteiger partial charge in [-0.05, 0) is 56.4 Å². The Kier molecular flexibility index (Phi) is 5.26. The summed E-state index contributed by atoms with van der Waals surface area (Å²) in [5.74, 6) is -1.21. The molecule has 0 bridgehead atoms. The first-order valence-corrected chi connectivity index (χ1v) is 8.84. The number of hydrogen-bond donors (Lipinski definition) is 2. The molecular formula is C21H23NO4. The lowest BCUT2D eigenvalue weighted by Crippen LogP contribution is -2.39. The van der Waals surface area contributed by atoms with E-state index in [-0.39, 0.29) is 23.3 Å². The molecule has 1 aliphatic rings. The molecule has 5 heteroatoms. The third kappa shape index (κ3) is 3.87. The molecule has 0 fully saturated rings. The van der Waals surface area contributed by atoms with Crippen LogP contribution >= 0.6 is 0 Å². The Morgan fingerprint density at radius 3 is 2.81 bits per heavy atom. The number of rotatable bonds is 4. The van der Waals surface area contributed by atoms with Crippen molar-refractivity contribution in [2.75, 3.05) is 0 Å². The van der Waals surface area contributed by atoms with Gasteiger partial charge in [0.15, 0.2) is 6.10 Å². The van der Waals surface area contributed by atoms with Crippen LogP contribution in [0.5, 0.6) is 5.75 Å². The molecule has 1 aliphatic carbocycles. The van der Waals surface area contributed by atoms with Crippen molar-refractivity contribution in [3.63, 3.8) is 0 Å². The minimum Gasteiger partial charge on any atom is -0.507 e. The van der Waals surface area contributed by atoms with Crippen LogP contribution in [0.2, 0.25) is 0 Å². The highest BCUT2D eigenvalue weighted by Gasteiger charge is 2.26. The average Bonchev–Trinajstić information content (AvgIpc) is 2.63. The Morgan fingerprint density at radius 1 is 1.23 bits per heavy atom. The van der Waals surface area contributed by atoms with E-state index in [4.69, 9.17) is 4.74 Å². The largest absolute Gasteiger partial charge is 0.507 e. The highest BCUT2D eigenvalue weighted by molar-refractivity contribution is 5.94. The predicted octanol–water partition coefficient (Wildman–Crippen LogP) is 3.44. The molecule has 136 valence electrons. The van der Waals surface area contributed by atoms with Crippen molar-refractivity contribution in [1.82, 2.24) is 5.32 Å². The zero-order chi connectivity index (χ0) is 18.7. The summed E-state index contributed by atoms with van der Waals surface area (Å²) >= 11 is 0. The maximum atomic E-state index is 12.5. The highest BCUT2D eigenvalue weighted by Crippen LogP contribution is 2.29. The smallest absolute Gasteiger partial charge is 0.342 e. The van der Waals surface area contributed by atoms with E-state index >= 15 is 0 Å². The number of carbonyl (C=O) groups is 2. The number of ether oxygens (including phenoxy) is 1. The molecule has 3 rings (SSSR count). The Labute approximate surface area is 153 Å². The van der Waals surface area contributed by atoms with E-state index in [0.29, 0.717) is 0 Å². The third-order valence-corrected chi connectivity index (χ3v) is 4.71. The molecule has 0 aromatic heterocycles. The summed E-state index contributed by atoms with van der Waals surface area (Å²) in [6.07, 6.45) is 1.94. The zero-order valence-electron chi connectivity index (χ0n) is 15.0. The molecule has 2 N–H and O–H groups in total. The molecule has 0 saturated heterocycles. The van der Waals surface area contributed by atoms with E-state index in [1.807, 2.05) is 25.1 Å². The van der Waals surface area contributed by atoms with Gasteiger partial charge in [-0.3, -0.25) is 4.79 Å². The van der Waals surface area contributed by atoms with Gasteiger partial charge in [0.1, 0.15) is 11.3 Å². The van der Waals surface area contributed by atoms with Crippen LogP contribution in [0.25, 0.3) is 0 Å². The number of aromatic hydroxyl groups is 1. The number of hydrogen-bond acceptors (Lipinski definition) is 4. The number of phenols is 1. The van der Waals surface area contributed by atoms with Crippen LogP contribution < -0.4 is 5.32 Å². The third-order valence-electron chi connectivity index (χ3n) is 4.71. The van der Waals surface area contributed by atoms with Crippen molar-refractivity contribution in [3.05, 3.63) is 64.7 Å². The molecule has 0 aliphatic heterocycles. The van der Waals surface area contributed by atoms with Crippen LogP contribution in [0.1, 0.15) is 52.9 Å². The van der Waals surface area contributed by atoms with Gasteiger partial charge in [0.2, 0.25) is 0 Å². The molecule has 5 nitrogen and oxygen atoms in total. The van der Waals surface area contributed by atoms with Gasteiger partial charge >= 0.3 is 5.97 Å².